The smallest absolute Gasteiger partial charge is 0.0701 e. The van der Waals surface area contributed by atoms with E-state index < -0.39 is 5.60 Å². The van der Waals surface area contributed by atoms with E-state index >= 15 is 0 Å². The predicted octanol–water partition coefficient (Wildman–Crippen LogP) is 5.56. The third-order valence-corrected chi connectivity index (χ3v) is 8.67. The van der Waals surface area contributed by atoms with Crippen LogP contribution in [0.5, 0.6) is 0 Å². The molecule has 0 aromatic carbocycles. The summed E-state index contributed by atoms with van der Waals surface area (Å²) in [5.41, 5.74) is 2.74. The number of ether oxygens (including phenoxy) is 1. The lowest BCUT2D eigenvalue weighted by Crippen LogP contribution is -2.36. The first-order valence-corrected chi connectivity index (χ1v) is 13.1. The summed E-state index contributed by atoms with van der Waals surface area (Å²) in [4.78, 5) is 0. The van der Waals surface area contributed by atoms with Gasteiger partial charge in [0.25, 0.3) is 0 Å². The highest BCUT2D eigenvalue weighted by Crippen LogP contribution is 2.60. The summed E-state index contributed by atoms with van der Waals surface area (Å²) in [6, 6.07) is 0. The van der Waals surface area contributed by atoms with E-state index in [4.69, 9.17) is 9.84 Å². The molecule has 0 amide bonds. The monoisotopic (exact) mass is 448 g/mol. The number of fused-ring (bicyclic) bond motifs is 1. The van der Waals surface area contributed by atoms with Crippen molar-refractivity contribution in [2.75, 3.05) is 13.2 Å². The average molecular weight is 449 g/mol. The summed E-state index contributed by atoms with van der Waals surface area (Å²) in [7, 11) is 0. The zero-order chi connectivity index (χ0) is 23.4. The Bertz CT molecular complexity index is 661. The summed E-state index contributed by atoms with van der Waals surface area (Å²) in [5, 5.41) is 29.4. The summed E-state index contributed by atoms with van der Waals surface area (Å²) < 4.78 is 5.72. The lowest BCUT2D eigenvalue weighted by atomic mass is 9.60. The molecule has 3 rings (SSSR count). The molecule has 0 unspecified atom stereocenters. The number of aliphatic hydroxyl groups excluding tert-OH is 2. The molecular weight excluding hydrogens is 400 g/mol. The van der Waals surface area contributed by atoms with Gasteiger partial charge in [-0.05, 0) is 88.4 Å². The molecule has 0 spiro atoms. The summed E-state index contributed by atoms with van der Waals surface area (Å²) in [6.45, 7) is 9.21. The van der Waals surface area contributed by atoms with E-state index in [1.807, 2.05) is 13.8 Å². The van der Waals surface area contributed by atoms with Gasteiger partial charge in [0.1, 0.15) is 0 Å². The van der Waals surface area contributed by atoms with E-state index in [0.717, 1.165) is 31.6 Å². The second kappa shape index (κ2) is 11.2. The summed E-state index contributed by atoms with van der Waals surface area (Å²) >= 11 is 0. The molecule has 0 bridgehead atoms. The van der Waals surface area contributed by atoms with Crippen molar-refractivity contribution in [2.45, 2.75) is 116 Å². The molecule has 0 aliphatic heterocycles. The van der Waals surface area contributed by atoms with Crippen molar-refractivity contribution in [1.29, 1.82) is 0 Å². The van der Waals surface area contributed by atoms with Crippen molar-refractivity contribution in [2.24, 2.45) is 23.2 Å². The maximum absolute atomic E-state index is 10.3. The summed E-state index contributed by atoms with van der Waals surface area (Å²) in [5.74, 6) is 2.17. The van der Waals surface area contributed by atoms with E-state index in [1.165, 1.54) is 44.1 Å². The van der Waals surface area contributed by atoms with Crippen LogP contribution in [0.4, 0.5) is 0 Å². The van der Waals surface area contributed by atoms with Crippen LogP contribution in [0.1, 0.15) is 98.3 Å². The van der Waals surface area contributed by atoms with Crippen molar-refractivity contribution in [3.8, 4) is 0 Å². The van der Waals surface area contributed by atoms with E-state index in [0.29, 0.717) is 30.3 Å². The molecule has 3 aliphatic rings. The lowest BCUT2D eigenvalue weighted by molar-refractivity contribution is -0.0131. The van der Waals surface area contributed by atoms with E-state index in [1.54, 1.807) is 5.57 Å². The maximum Gasteiger partial charge on any atom is 0.0701 e. The van der Waals surface area contributed by atoms with Gasteiger partial charge in [0.2, 0.25) is 0 Å². The molecule has 3 fully saturated rings. The van der Waals surface area contributed by atoms with Crippen LogP contribution in [0.3, 0.4) is 0 Å². The van der Waals surface area contributed by atoms with Gasteiger partial charge in [-0.1, -0.05) is 50.0 Å². The van der Waals surface area contributed by atoms with Crippen molar-refractivity contribution >= 4 is 0 Å². The van der Waals surface area contributed by atoms with Crippen LogP contribution in [0, 0.1) is 23.2 Å². The molecule has 0 radical (unpaired) electrons. The molecule has 32 heavy (non-hydrogen) atoms. The molecule has 3 saturated carbocycles. The molecule has 6 atom stereocenters. The fourth-order valence-corrected chi connectivity index (χ4v) is 7.13. The fourth-order valence-electron chi connectivity index (χ4n) is 7.13. The predicted molar refractivity (Wildman–Crippen MR) is 130 cm³/mol. The Balaban J connectivity index is 1.65. The molecule has 4 nitrogen and oxygen atoms in total. The Morgan fingerprint density at radius 3 is 2.72 bits per heavy atom. The Morgan fingerprint density at radius 2 is 2.00 bits per heavy atom. The van der Waals surface area contributed by atoms with Gasteiger partial charge in [0, 0.05) is 6.42 Å². The highest BCUT2D eigenvalue weighted by molar-refractivity contribution is 5.26. The fraction of sp³-hybridized carbons (Fsp3) is 0.857. The number of rotatable bonds is 9. The molecule has 0 saturated heterocycles. The van der Waals surface area contributed by atoms with Crippen LogP contribution >= 0.6 is 0 Å². The Morgan fingerprint density at radius 1 is 1.22 bits per heavy atom. The number of aliphatic hydroxyl groups is 3. The molecule has 4 heteroatoms. The van der Waals surface area contributed by atoms with Gasteiger partial charge in [-0.15, -0.1) is 0 Å². The zero-order valence-electron chi connectivity index (χ0n) is 21.0. The van der Waals surface area contributed by atoms with Gasteiger partial charge in [0.15, 0.2) is 0 Å². The summed E-state index contributed by atoms with van der Waals surface area (Å²) in [6.07, 6.45) is 16.3. The number of hydrogen-bond donors (Lipinski definition) is 3. The first kappa shape index (κ1) is 25.9. The zero-order valence-corrected chi connectivity index (χ0v) is 21.0. The van der Waals surface area contributed by atoms with Crippen molar-refractivity contribution in [1.82, 2.24) is 0 Å². The van der Waals surface area contributed by atoms with Crippen LogP contribution < -0.4 is 0 Å². The van der Waals surface area contributed by atoms with Gasteiger partial charge >= 0.3 is 0 Å². The molecule has 3 N–H and O–H groups in total. The van der Waals surface area contributed by atoms with E-state index in [9.17, 15) is 10.2 Å². The Hall–Kier alpha value is -0.680. The molecule has 0 aromatic heterocycles. The Labute approximate surface area is 196 Å². The highest BCUT2D eigenvalue weighted by atomic mass is 16.5. The minimum Gasteiger partial charge on any atom is -0.394 e. The second-order valence-electron chi connectivity index (χ2n) is 11.9. The van der Waals surface area contributed by atoms with Gasteiger partial charge in [-0.3, -0.25) is 0 Å². The van der Waals surface area contributed by atoms with E-state index in [-0.39, 0.29) is 18.8 Å². The number of allylic oxidation sites excluding steroid dienone is 3. The van der Waals surface area contributed by atoms with Gasteiger partial charge in [-0.2, -0.15) is 0 Å². The van der Waals surface area contributed by atoms with Crippen LogP contribution in [0.15, 0.2) is 23.3 Å². The van der Waals surface area contributed by atoms with Gasteiger partial charge in [-0.25, -0.2) is 0 Å². The lowest BCUT2D eigenvalue weighted by Gasteiger charge is -2.44. The SMILES string of the molecule is C[C@H](CCCC(C)(C)O)[C@H]1CC[C@H]2/C(=C/C=C3/C[C@@H](O)C[C@H](OCCO)C3)CCC[C@]12C. The standard InChI is InChI=1S/C28H48O4/c1-20(7-5-13-27(2,3)31)25-11-12-26-22(8-6-14-28(25,26)4)10-9-21-17-23(30)19-24(18-21)32-16-15-29/h9-10,20,23-26,29-31H,5-8,11-19H2,1-4H3/b21-9-,22-10+/t20-,23-,24-,25-,26+,28-/m1/s1. The van der Waals surface area contributed by atoms with Crippen molar-refractivity contribution in [3.63, 3.8) is 0 Å². The van der Waals surface area contributed by atoms with Gasteiger partial charge in [0.05, 0.1) is 31.0 Å². The average Bonchev–Trinajstić information content (AvgIpc) is 3.07. The first-order valence-electron chi connectivity index (χ1n) is 13.1. The molecule has 0 heterocycles. The molecule has 184 valence electrons. The van der Waals surface area contributed by atoms with Crippen LogP contribution in [-0.2, 0) is 4.74 Å². The number of hydrogen-bond acceptors (Lipinski definition) is 4. The highest BCUT2D eigenvalue weighted by Gasteiger charge is 2.50. The van der Waals surface area contributed by atoms with Crippen LogP contribution in [0.25, 0.3) is 0 Å². The van der Waals surface area contributed by atoms with Crippen molar-refractivity contribution in [3.05, 3.63) is 23.3 Å². The third-order valence-electron chi connectivity index (χ3n) is 8.67. The molecule has 3 aliphatic carbocycles. The molecular formula is C28H48O4. The van der Waals surface area contributed by atoms with Crippen molar-refractivity contribution < 1.29 is 20.1 Å². The quantitative estimate of drug-likeness (QED) is 0.432. The molecule has 0 aromatic rings. The van der Waals surface area contributed by atoms with E-state index in [2.05, 4.69) is 26.0 Å². The van der Waals surface area contributed by atoms with Crippen LogP contribution in [-0.4, -0.2) is 46.3 Å². The second-order valence-corrected chi connectivity index (χ2v) is 11.9. The normalized spacial score (nSPS) is 37.1. The topological polar surface area (TPSA) is 69.9 Å². The van der Waals surface area contributed by atoms with Crippen LogP contribution in [0.2, 0.25) is 0 Å². The minimum absolute atomic E-state index is 0.0211. The van der Waals surface area contributed by atoms with Gasteiger partial charge < -0.3 is 20.1 Å². The Kier molecular flexibility index (Phi) is 9.05. The largest absolute Gasteiger partial charge is 0.394 e. The third kappa shape index (κ3) is 6.68. The maximum atomic E-state index is 10.3. The minimum atomic E-state index is -0.551. The first-order chi connectivity index (χ1) is 15.1.